The molecule has 0 radical (unpaired) electrons. The zero-order valence-electron chi connectivity index (χ0n) is 11.0. The minimum Gasteiger partial charge on any atom is -0.291 e. The summed E-state index contributed by atoms with van der Waals surface area (Å²) in [6, 6.07) is 4.23. The molecule has 3 heteroatoms. The van der Waals surface area contributed by atoms with Crippen molar-refractivity contribution in [2.75, 3.05) is 7.05 Å². The Kier molecular flexibility index (Phi) is 2.96. The molecule has 1 aromatic carbocycles. The van der Waals surface area contributed by atoms with Crippen molar-refractivity contribution in [2.45, 2.75) is 39.0 Å². The Hall–Kier alpha value is -1.35. The Labute approximate surface area is 103 Å². The van der Waals surface area contributed by atoms with Crippen molar-refractivity contribution in [3.8, 4) is 0 Å². The van der Waals surface area contributed by atoms with Crippen LogP contribution in [0.15, 0.2) is 12.1 Å². The molecule has 0 atom stereocenters. The predicted octanol–water partition coefficient (Wildman–Crippen LogP) is 1.89. The molecule has 2 N–H and O–H groups in total. The van der Waals surface area contributed by atoms with E-state index in [-0.39, 0.29) is 11.3 Å². The molecule has 0 saturated heterocycles. The molecule has 1 amide bonds. The van der Waals surface area contributed by atoms with E-state index >= 15 is 0 Å². The average Bonchev–Trinajstić information content (AvgIpc) is 3.08. The molecule has 92 valence electrons. The number of hydrazine groups is 1. The lowest BCUT2D eigenvalue weighted by atomic mass is 9.87. The van der Waals surface area contributed by atoms with Gasteiger partial charge in [-0.1, -0.05) is 12.1 Å². The maximum atomic E-state index is 12.1. The SMILES string of the molecule is CNNC(=O)C1(c2ccc(C)c(C)c2C)CC1. The van der Waals surface area contributed by atoms with Crippen LogP contribution in [-0.4, -0.2) is 13.0 Å². The molecule has 0 aliphatic heterocycles. The van der Waals surface area contributed by atoms with Gasteiger partial charge in [0.1, 0.15) is 0 Å². The number of hydrogen-bond acceptors (Lipinski definition) is 2. The van der Waals surface area contributed by atoms with Gasteiger partial charge in [0.05, 0.1) is 5.41 Å². The van der Waals surface area contributed by atoms with E-state index < -0.39 is 0 Å². The Bertz CT molecular complexity index is 462. The quantitative estimate of drug-likeness (QED) is 0.781. The van der Waals surface area contributed by atoms with Crippen molar-refractivity contribution in [1.29, 1.82) is 0 Å². The van der Waals surface area contributed by atoms with Crippen LogP contribution >= 0.6 is 0 Å². The van der Waals surface area contributed by atoms with Gasteiger partial charge in [-0.3, -0.25) is 10.2 Å². The number of aryl methyl sites for hydroxylation is 1. The van der Waals surface area contributed by atoms with Crippen LogP contribution in [0.3, 0.4) is 0 Å². The number of carbonyl (C=O) groups excluding carboxylic acids is 1. The summed E-state index contributed by atoms with van der Waals surface area (Å²) in [4.78, 5) is 12.1. The van der Waals surface area contributed by atoms with E-state index in [4.69, 9.17) is 0 Å². The van der Waals surface area contributed by atoms with Gasteiger partial charge >= 0.3 is 0 Å². The van der Waals surface area contributed by atoms with Crippen molar-refractivity contribution in [3.63, 3.8) is 0 Å². The standard InChI is InChI=1S/C14H20N2O/c1-9-5-6-12(11(3)10(9)2)14(7-8-14)13(17)16-15-4/h5-6,15H,7-8H2,1-4H3,(H,16,17). The van der Waals surface area contributed by atoms with E-state index in [0.29, 0.717) is 0 Å². The summed E-state index contributed by atoms with van der Waals surface area (Å²) in [6.45, 7) is 6.35. The first kappa shape index (κ1) is 12.1. The summed E-state index contributed by atoms with van der Waals surface area (Å²) in [5.41, 5.74) is 10.2. The van der Waals surface area contributed by atoms with Gasteiger partial charge in [-0.25, -0.2) is 5.43 Å². The minimum atomic E-state index is -0.286. The highest BCUT2D eigenvalue weighted by Gasteiger charge is 2.52. The van der Waals surface area contributed by atoms with Crippen molar-refractivity contribution in [3.05, 3.63) is 34.4 Å². The summed E-state index contributed by atoms with van der Waals surface area (Å²) < 4.78 is 0. The Morgan fingerprint density at radius 3 is 2.35 bits per heavy atom. The van der Waals surface area contributed by atoms with Gasteiger partial charge in [0, 0.05) is 7.05 Å². The van der Waals surface area contributed by atoms with E-state index in [1.54, 1.807) is 7.05 Å². The second-order valence-electron chi connectivity index (χ2n) is 4.97. The van der Waals surface area contributed by atoms with Crippen molar-refractivity contribution in [1.82, 2.24) is 10.9 Å². The molecule has 0 bridgehead atoms. The van der Waals surface area contributed by atoms with Gasteiger partial charge in [-0.2, -0.15) is 0 Å². The van der Waals surface area contributed by atoms with E-state index in [9.17, 15) is 4.79 Å². The van der Waals surface area contributed by atoms with Crippen LogP contribution in [0, 0.1) is 20.8 Å². The number of amides is 1. The minimum absolute atomic E-state index is 0.0892. The van der Waals surface area contributed by atoms with Crippen LogP contribution in [0.1, 0.15) is 35.1 Å². The van der Waals surface area contributed by atoms with Crippen molar-refractivity contribution in [2.24, 2.45) is 0 Å². The molecule has 17 heavy (non-hydrogen) atoms. The molecule has 0 unspecified atom stereocenters. The van der Waals surface area contributed by atoms with Gasteiger partial charge in [-0.05, 0) is 55.9 Å². The van der Waals surface area contributed by atoms with E-state index in [1.807, 2.05) is 0 Å². The number of hydrogen-bond donors (Lipinski definition) is 2. The zero-order valence-corrected chi connectivity index (χ0v) is 11.0. The second kappa shape index (κ2) is 4.15. The number of nitrogens with one attached hydrogen (secondary N) is 2. The molecule has 0 spiro atoms. The lowest BCUT2D eigenvalue weighted by Gasteiger charge is -2.19. The first-order chi connectivity index (χ1) is 8.03. The molecule has 0 heterocycles. The Morgan fingerprint density at radius 2 is 1.82 bits per heavy atom. The lowest BCUT2D eigenvalue weighted by molar-refractivity contribution is -0.124. The van der Waals surface area contributed by atoms with E-state index in [2.05, 4.69) is 43.8 Å². The zero-order chi connectivity index (χ0) is 12.6. The monoisotopic (exact) mass is 232 g/mol. The van der Waals surface area contributed by atoms with Crippen molar-refractivity contribution >= 4 is 5.91 Å². The molecule has 1 fully saturated rings. The molecule has 3 nitrogen and oxygen atoms in total. The third-order valence-corrected chi connectivity index (χ3v) is 4.00. The summed E-state index contributed by atoms with van der Waals surface area (Å²) in [5.74, 6) is 0.0892. The highest BCUT2D eigenvalue weighted by atomic mass is 16.2. The van der Waals surface area contributed by atoms with Gasteiger partial charge in [0.2, 0.25) is 5.91 Å². The summed E-state index contributed by atoms with van der Waals surface area (Å²) in [6.07, 6.45) is 1.90. The largest absolute Gasteiger partial charge is 0.291 e. The van der Waals surface area contributed by atoms with Gasteiger partial charge in [-0.15, -0.1) is 0 Å². The summed E-state index contributed by atoms with van der Waals surface area (Å²) in [7, 11) is 1.72. The van der Waals surface area contributed by atoms with Gasteiger partial charge in [0.15, 0.2) is 0 Å². The highest BCUT2D eigenvalue weighted by molar-refractivity contribution is 5.91. The number of benzene rings is 1. The summed E-state index contributed by atoms with van der Waals surface area (Å²) in [5, 5.41) is 0. The number of rotatable bonds is 3. The Morgan fingerprint density at radius 1 is 1.18 bits per heavy atom. The van der Waals surface area contributed by atoms with Crippen LogP contribution in [0.5, 0.6) is 0 Å². The smallest absolute Gasteiger partial charge is 0.244 e. The molecular formula is C14H20N2O. The molecule has 1 saturated carbocycles. The van der Waals surface area contributed by atoms with Crippen molar-refractivity contribution < 1.29 is 4.79 Å². The van der Waals surface area contributed by atoms with Crippen LogP contribution in [0.2, 0.25) is 0 Å². The fraction of sp³-hybridized carbons (Fsp3) is 0.500. The number of carbonyl (C=O) groups is 1. The second-order valence-corrected chi connectivity index (χ2v) is 4.97. The normalized spacial score (nSPS) is 16.7. The van der Waals surface area contributed by atoms with Crippen LogP contribution in [-0.2, 0) is 10.2 Å². The molecule has 2 rings (SSSR count). The first-order valence-electron chi connectivity index (χ1n) is 6.07. The van der Waals surface area contributed by atoms with Crippen LogP contribution < -0.4 is 10.9 Å². The Balaban J connectivity index is 2.41. The molecule has 1 aliphatic carbocycles. The molecule has 0 aromatic heterocycles. The maximum Gasteiger partial charge on any atom is 0.244 e. The van der Waals surface area contributed by atoms with Gasteiger partial charge < -0.3 is 0 Å². The topological polar surface area (TPSA) is 41.1 Å². The van der Waals surface area contributed by atoms with Crippen LogP contribution in [0.4, 0.5) is 0 Å². The highest BCUT2D eigenvalue weighted by Crippen LogP contribution is 2.50. The molecular weight excluding hydrogens is 212 g/mol. The summed E-state index contributed by atoms with van der Waals surface area (Å²) >= 11 is 0. The maximum absolute atomic E-state index is 12.1. The molecule has 1 aromatic rings. The van der Waals surface area contributed by atoms with Gasteiger partial charge in [0.25, 0.3) is 0 Å². The van der Waals surface area contributed by atoms with E-state index in [1.165, 1.54) is 22.3 Å². The average molecular weight is 232 g/mol. The predicted molar refractivity (Wildman–Crippen MR) is 68.8 cm³/mol. The lowest BCUT2D eigenvalue weighted by Crippen LogP contribution is -2.42. The molecule has 1 aliphatic rings. The fourth-order valence-electron chi connectivity index (χ4n) is 2.45. The first-order valence-corrected chi connectivity index (χ1v) is 6.07. The third-order valence-electron chi connectivity index (χ3n) is 4.00. The van der Waals surface area contributed by atoms with Crippen LogP contribution in [0.25, 0.3) is 0 Å². The van der Waals surface area contributed by atoms with E-state index in [0.717, 1.165) is 12.8 Å². The third kappa shape index (κ3) is 1.84. The fourth-order valence-corrected chi connectivity index (χ4v) is 2.45.